The minimum absolute atomic E-state index is 0.0332. The lowest BCUT2D eigenvalue weighted by molar-refractivity contribution is -0.143. The molecule has 0 aromatic heterocycles. The maximum atomic E-state index is 13.9. The minimum Gasteiger partial charge on any atom is -0.484 e. The van der Waals surface area contributed by atoms with Crippen molar-refractivity contribution < 1.29 is 14.3 Å². The second-order valence-electron chi connectivity index (χ2n) is 11.8. The van der Waals surface area contributed by atoms with Crippen molar-refractivity contribution in [3.05, 3.63) is 100 Å². The van der Waals surface area contributed by atoms with Gasteiger partial charge in [-0.3, -0.25) is 9.59 Å². The zero-order valence-corrected chi connectivity index (χ0v) is 25.5. The van der Waals surface area contributed by atoms with Crippen LogP contribution in [0.2, 0.25) is 0 Å². The number of hydrogen-bond donors (Lipinski definition) is 1. The van der Waals surface area contributed by atoms with Crippen LogP contribution in [-0.2, 0) is 28.0 Å². The Balaban J connectivity index is 1.59. The van der Waals surface area contributed by atoms with E-state index in [0.29, 0.717) is 18.7 Å². The molecule has 2 amide bonds. The predicted molar refractivity (Wildman–Crippen MR) is 164 cm³/mol. The first-order chi connectivity index (χ1) is 19.2. The zero-order chi connectivity index (χ0) is 28.5. The minimum atomic E-state index is -0.664. The van der Waals surface area contributed by atoms with Gasteiger partial charge in [0.1, 0.15) is 11.8 Å². The Morgan fingerprint density at radius 2 is 1.60 bits per heavy atom. The van der Waals surface area contributed by atoms with Crippen LogP contribution in [0.3, 0.4) is 0 Å². The van der Waals surface area contributed by atoms with E-state index in [1.807, 2.05) is 78.9 Å². The summed E-state index contributed by atoms with van der Waals surface area (Å²) in [4.78, 5) is 29.4. The molecule has 40 heavy (non-hydrogen) atoms. The highest BCUT2D eigenvalue weighted by atomic mass is 79.9. The summed E-state index contributed by atoms with van der Waals surface area (Å²) in [5, 5.41) is 3.28. The number of ether oxygens (including phenoxy) is 1. The molecule has 1 aliphatic rings. The molecule has 1 saturated carbocycles. The summed E-state index contributed by atoms with van der Waals surface area (Å²) in [5.41, 5.74) is 3.19. The molecule has 6 heteroatoms. The second kappa shape index (κ2) is 14.0. The van der Waals surface area contributed by atoms with E-state index in [-0.39, 0.29) is 29.9 Å². The molecule has 0 bridgehead atoms. The Labute approximate surface area is 247 Å². The van der Waals surface area contributed by atoms with Gasteiger partial charge in [-0.15, -0.1) is 0 Å². The average Bonchev–Trinajstić information content (AvgIpc) is 2.94. The molecule has 0 aliphatic heterocycles. The number of hydrogen-bond acceptors (Lipinski definition) is 3. The quantitative estimate of drug-likeness (QED) is 0.266. The summed E-state index contributed by atoms with van der Waals surface area (Å²) in [6, 6.07) is 25.2. The maximum absolute atomic E-state index is 13.9. The Kier molecular flexibility index (Phi) is 10.4. The van der Waals surface area contributed by atoms with Crippen LogP contribution in [0.25, 0.3) is 0 Å². The number of halogens is 1. The maximum Gasteiger partial charge on any atom is 0.261 e. The number of nitrogens with zero attached hydrogens (tertiary/aromatic N) is 1. The lowest BCUT2D eigenvalue weighted by Gasteiger charge is -2.33. The molecule has 0 spiro atoms. The van der Waals surface area contributed by atoms with E-state index in [1.165, 1.54) is 12.0 Å². The SMILES string of the molecule is CC(C)(C)c1ccc(OCC(=O)N(Cc2cccc(Br)c2)[C@H](Cc2ccccc2)C(=O)NC2CCCCC2)cc1. The van der Waals surface area contributed by atoms with Gasteiger partial charge in [0, 0.05) is 23.5 Å². The van der Waals surface area contributed by atoms with Crippen molar-refractivity contribution in [2.45, 2.75) is 83.3 Å². The molecule has 4 rings (SSSR count). The van der Waals surface area contributed by atoms with Crippen LogP contribution in [0.4, 0.5) is 0 Å². The monoisotopic (exact) mass is 604 g/mol. The van der Waals surface area contributed by atoms with E-state index in [9.17, 15) is 9.59 Å². The molecular weight excluding hydrogens is 564 g/mol. The molecule has 1 fully saturated rings. The van der Waals surface area contributed by atoms with Gasteiger partial charge in [-0.1, -0.05) is 111 Å². The summed E-state index contributed by atoms with van der Waals surface area (Å²) >= 11 is 3.55. The van der Waals surface area contributed by atoms with Gasteiger partial charge >= 0.3 is 0 Å². The molecule has 3 aromatic rings. The number of rotatable bonds is 10. The highest BCUT2D eigenvalue weighted by Gasteiger charge is 2.32. The van der Waals surface area contributed by atoms with Gasteiger partial charge in [0.2, 0.25) is 5.91 Å². The third kappa shape index (κ3) is 8.69. The lowest BCUT2D eigenvalue weighted by atomic mass is 9.87. The third-order valence-corrected chi connectivity index (χ3v) is 8.04. The van der Waals surface area contributed by atoms with Gasteiger partial charge in [-0.25, -0.2) is 0 Å². The summed E-state index contributed by atoms with van der Waals surface area (Å²) < 4.78 is 6.91. The van der Waals surface area contributed by atoms with Crippen molar-refractivity contribution in [3.8, 4) is 5.75 Å². The van der Waals surface area contributed by atoms with Crippen molar-refractivity contribution in [1.29, 1.82) is 0 Å². The standard InChI is InChI=1S/C34H41BrN2O3/c1-34(2,3)27-17-19-30(20-18-27)40-24-32(38)37(23-26-13-10-14-28(35)21-26)31(22-25-11-6-4-7-12-25)33(39)36-29-15-8-5-9-16-29/h4,6-7,10-14,17-21,29,31H,5,8-9,15-16,22-24H2,1-3H3,(H,36,39)/t31-/m1/s1. The summed E-state index contributed by atoms with van der Waals surface area (Å²) in [7, 11) is 0. The molecule has 5 nitrogen and oxygen atoms in total. The fourth-order valence-corrected chi connectivity index (χ4v) is 5.66. The van der Waals surface area contributed by atoms with Crippen LogP contribution in [0.5, 0.6) is 5.75 Å². The highest BCUT2D eigenvalue weighted by molar-refractivity contribution is 9.10. The first kappa shape index (κ1) is 29.9. The average molecular weight is 606 g/mol. The van der Waals surface area contributed by atoms with Crippen molar-refractivity contribution in [2.24, 2.45) is 0 Å². The predicted octanol–water partition coefficient (Wildman–Crippen LogP) is 7.21. The van der Waals surface area contributed by atoms with Crippen molar-refractivity contribution in [3.63, 3.8) is 0 Å². The summed E-state index contributed by atoms with van der Waals surface area (Å²) in [5.74, 6) is 0.309. The molecule has 3 aromatic carbocycles. The van der Waals surface area contributed by atoms with Gasteiger partial charge in [-0.2, -0.15) is 0 Å². The van der Waals surface area contributed by atoms with Gasteiger partial charge in [0.25, 0.3) is 5.91 Å². The number of carbonyl (C=O) groups is 2. The van der Waals surface area contributed by atoms with Crippen LogP contribution in [-0.4, -0.2) is 35.4 Å². The molecule has 1 atom stereocenters. The van der Waals surface area contributed by atoms with Crippen molar-refractivity contribution in [1.82, 2.24) is 10.2 Å². The molecule has 0 heterocycles. The molecule has 0 radical (unpaired) electrons. The topological polar surface area (TPSA) is 58.6 Å². The molecule has 0 unspecified atom stereocenters. The van der Waals surface area contributed by atoms with E-state index in [4.69, 9.17) is 4.74 Å². The van der Waals surface area contributed by atoms with Crippen molar-refractivity contribution in [2.75, 3.05) is 6.61 Å². The number of nitrogens with one attached hydrogen (secondary N) is 1. The molecule has 1 N–H and O–H groups in total. The van der Waals surface area contributed by atoms with Crippen LogP contribution < -0.4 is 10.1 Å². The van der Waals surface area contributed by atoms with Crippen LogP contribution in [0, 0.1) is 0 Å². The molecule has 212 valence electrons. The largest absolute Gasteiger partial charge is 0.484 e. The van der Waals surface area contributed by atoms with Gasteiger partial charge in [-0.05, 0) is 59.2 Å². The Bertz CT molecular complexity index is 1250. The van der Waals surface area contributed by atoms with Crippen LogP contribution in [0.1, 0.15) is 69.6 Å². The smallest absolute Gasteiger partial charge is 0.261 e. The molecule has 1 aliphatic carbocycles. The molecular formula is C34H41BrN2O3. The Morgan fingerprint density at radius 3 is 2.25 bits per heavy atom. The van der Waals surface area contributed by atoms with Crippen molar-refractivity contribution >= 4 is 27.7 Å². The first-order valence-electron chi connectivity index (χ1n) is 14.3. The zero-order valence-electron chi connectivity index (χ0n) is 23.9. The first-order valence-corrected chi connectivity index (χ1v) is 15.1. The van der Waals surface area contributed by atoms with Crippen LogP contribution in [0.15, 0.2) is 83.3 Å². The third-order valence-electron chi connectivity index (χ3n) is 7.55. The Morgan fingerprint density at radius 1 is 0.925 bits per heavy atom. The number of amides is 2. The van der Waals surface area contributed by atoms with E-state index in [1.54, 1.807) is 4.90 Å². The summed E-state index contributed by atoms with van der Waals surface area (Å²) in [6.07, 6.45) is 5.85. The lowest BCUT2D eigenvalue weighted by Crippen LogP contribution is -2.53. The van der Waals surface area contributed by atoms with E-state index < -0.39 is 6.04 Å². The fourth-order valence-electron chi connectivity index (χ4n) is 5.21. The van der Waals surface area contributed by atoms with E-state index in [2.05, 4.69) is 42.0 Å². The number of benzene rings is 3. The van der Waals surface area contributed by atoms with Gasteiger partial charge in [0.05, 0.1) is 0 Å². The number of carbonyl (C=O) groups excluding carboxylic acids is 2. The fraction of sp³-hybridized carbons (Fsp3) is 0.412. The second-order valence-corrected chi connectivity index (χ2v) is 12.7. The normalized spacial score (nSPS) is 14.8. The van der Waals surface area contributed by atoms with Crippen LogP contribution >= 0.6 is 15.9 Å². The Hall–Kier alpha value is -3.12. The van der Waals surface area contributed by atoms with Gasteiger partial charge < -0.3 is 15.0 Å². The van der Waals surface area contributed by atoms with E-state index >= 15 is 0 Å². The summed E-state index contributed by atoms with van der Waals surface area (Å²) in [6.45, 7) is 6.65. The molecule has 0 saturated heterocycles. The van der Waals surface area contributed by atoms with Gasteiger partial charge in [0.15, 0.2) is 6.61 Å². The van der Waals surface area contributed by atoms with E-state index in [0.717, 1.165) is 41.3 Å². The highest BCUT2D eigenvalue weighted by Crippen LogP contribution is 2.25.